The number of rotatable bonds is 4. The lowest BCUT2D eigenvalue weighted by molar-refractivity contribution is -0.123. The van der Waals surface area contributed by atoms with E-state index in [1.165, 1.54) is 41.0 Å². The average Bonchev–Trinajstić information content (AvgIpc) is 2.89. The Balaban J connectivity index is 1.64. The van der Waals surface area contributed by atoms with Crippen LogP contribution in [-0.4, -0.2) is 18.0 Å². The Bertz CT molecular complexity index is 781. The zero-order valence-electron chi connectivity index (χ0n) is 15.6. The van der Waals surface area contributed by atoms with Crippen molar-refractivity contribution in [2.24, 2.45) is 0 Å². The van der Waals surface area contributed by atoms with Gasteiger partial charge >= 0.3 is 5.97 Å². The molecule has 1 aliphatic rings. The number of benzene rings is 1. The maximum Gasteiger partial charge on any atom is 0.349 e. The second kappa shape index (κ2) is 8.04. The standard InChI is InChI=1S/C21H25NO3S/c1-13-8-7-9-14(2)19(13)22-20(23)15(3)25-21(24)18-12-16-10-5-4-6-11-17(16)26-18/h7-9,12,15H,4-6,10-11H2,1-3H3,(H,22,23). The third-order valence-corrected chi connectivity index (χ3v) is 6.05. The Morgan fingerprint density at radius 1 is 1.12 bits per heavy atom. The highest BCUT2D eigenvalue weighted by Gasteiger charge is 2.23. The minimum absolute atomic E-state index is 0.311. The molecule has 1 heterocycles. The Hall–Kier alpha value is -2.14. The van der Waals surface area contributed by atoms with E-state index in [1.54, 1.807) is 6.92 Å². The molecule has 2 aromatic rings. The van der Waals surface area contributed by atoms with Crippen LogP contribution in [0.25, 0.3) is 0 Å². The molecule has 1 atom stereocenters. The molecule has 5 heteroatoms. The van der Waals surface area contributed by atoms with Crippen LogP contribution in [0.15, 0.2) is 24.3 Å². The van der Waals surface area contributed by atoms with Crippen LogP contribution in [0.2, 0.25) is 0 Å². The van der Waals surface area contributed by atoms with Crippen LogP contribution in [0.3, 0.4) is 0 Å². The second-order valence-corrected chi connectivity index (χ2v) is 8.06. The molecule has 0 radical (unpaired) electrons. The highest BCUT2D eigenvalue weighted by Crippen LogP contribution is 2.29. The van der Waals surface area contributed by atoms with E-state index < -0.39 is 12.1 Å². The zero-order valence-corrected chi connectivity index (χ0v) is 16.4. The van der Waals surface area contributed by atoms with E-state index >= 15 is 0 Å². The number of anilines is 1. The number of esters is 1. The summed E-state index contributed by atoms with van der Waals surface area (Å²) in [4.78, 5) is 26.8. The fourth-order valence-corrected chi connectivity index (χ4v) is 4.41. The molecule has 138 valence electrons. The summed E-state index contributed by atoms with van der Waals surface area (Å²) in [6.45, 7) is 5.50. The summed E-state index contributed by atoms with van der Waals surface area (Å²) in [6, 6.07) is 7.78. The largest absolute Gasteiger partial charge is 0.448 e. The molecule has 1 unspecified atom stereocenters. The van der Waals surface area contributed by atoms with Gasteiger partial charge in [0.25, 0.3) is 5.91 Å². The molecule has 0 bridgehead atoms. The number of carbonyl (C=O) groups excluding carboxylic acids is 2. The first-order valence-electron chi connectivity index (χ1n) is 9.15. The molecule has 1 N–H and O–H groups in total. The van der Waals surface area contributed by atoms with Gasteiger partial charge in [0.1, 0.15) is 4.88 Å². The van der Waals surface area contributed by atoms with Gasteiger partial charge in [-0.15, -0.1) is 11.3 Å². The molecule has 0 fully saturated rings. The molecule has 0 aliphatic heterocycles. The summed E-state index contributed by atoms with van der Waals surface area (Å²) in [5.41, 5.74) is 4.02. The lowest BCUT2D eigenvalue weighted by atomic mass is 10.1. The van der Waals surface area contributed by atoms with Gasteiger partial charge in [-0.2, -0.15) is 0 Å². The number of aryl methyl sites for hydroxylation is 4. The third kappa shape index (κ3) is 4.15. The van der Waals surface area contributed by atoms with Gasteiger partial charge in [-0.3, -0.25) is 4.79 Å². The predicted octanol–water partition coefficient (Wildman–Crippen LogP) is 4.82. The molecule has 1 aromatic carbocycles. The fraction of sp³-hybridized carbons (Fsp3) is 0.429. The molecule has 26 heavy (non-hydrogen) atoms. The Morgan fingerprint density at radius 3 is 2.54 bits per heavy atom. The van der Waals surface area contributed by atoms with Crippen molar-refractivity contribution in [3.05, 3.63) is 50.7 Å². The van der Waals surface area contributed by atoms with Crippen LogP contribution in [0.4, 0.5) is 5.69 Å². The van der Waals surface area contributed by atoms with E-state index in [1.807, 2.05) is 38.1 Å². The molecule has 1 aliphatic carbocycles. The molecule has 4 nitrogen and oxygen atoms in total. The van der Waals surface area contributed by atoms with Crippen molar-refractivity contribution in [1.82, 2.24) is 0 Å². The van der Waals surface area contributed by atoms with E-state index in [0.29, 0.717) is 4.88 Å². The van der Waals surface area contributed by atoms with Crippen molar-refractivity contribution in [1.29, 1.82) is 0 Å². The SMILES string of the molecule is Cc1cccc(C)c1NC(=O)C(C)OC(=O)c1cc2c(s1)CCCCC2. The topological polar surface area (TPSA) is 55.4 Å². The second-order valence-electron chi connectivity index (χ2n) is 6.92. The van der Waals surface area contributed by atoms with Gasteiger partial charge in [-0.1, -0.05) is 24.6 Å². The van der Waals surface area contributed by atoms with Gasteiger partial charge < -0.3 is 10.1 Å². The third-order valence-electron chi connectivity index (χ3n) is 4.83. The first-order chi connectivity index (χ1) is 12.5. The van der Waals surface area contributed by atoms with Crippen molar-refractivity contribution in [2.75, 3.05) is 5.32 Å². The van der Waals surface area contributed by atoms with Gasteiger partial charge in [0.2, 0.25) is 0 Å². The molecular weight excluding hydrogens is 346 g/mol. The minimum atomic E-state index is -0.844. The van der Waals surface area contributed by atoms with Crippen LogP contribution in [0.5, 0.6) is 0 Å². The number of fused-ring (bicyclic) bond motifs is 1. The van der Waals surface area contributed by atoms with Gasteiger partial charge in [0.15, 0.2) is 6.10 Å². The van der Waals surface area contributed by atoms with Crippen LogP contribution in [0, 0.1) is 13.8 Å². The van der Waals surface area contributed by atoms with Gasteiger partial charge in [-0.05, 0) is 69.2 Å². The number of hydrogen-bond acceptors (Lipinski definition) is 4. The normalized spacial score (nSPS) is 14.9. The monoisotopic (exact) mass is 371 g/mol. The molecule has 1 aromatic heterocycles. The number of hydrogen-bond donors (Lipinski definition) is 1. The lowest BCUT2D eigenvalue weighted by Gasteiger charge is -2.15. The Labute approximate surface area is 158 Å². The molecule has 0 saturated carbocycles. The fourth-order valence-electron chi connectivity index (χ4n) is 3.28. The minimum Gasteiger partial charge on any atom is -0.448 e. The van der Waals surface area contributed by atoms with Gasteiger partial charge in [-0.25, -0.2) is 4.79 Å². The van der Waals surface area contributed by atoms with Crippen molar-refractivity contribution < 1.29 is 14.3 Å². The highest BCUT2D eigenvalue weighted by atomic mass is 32.1. The van der Waals surface area contributed by atoms with E-state index in [9.17, 15) is 9.59 Å². The Morgan fingerprint density at radius 2 is 1.81 bits per heavy atom. The molecule has 3 rings (SSSR count). The van der Waals surface area contributed by atoms with Crippen molar-refractivity contribution in [3.8, 4) is 0 Å². The number of amides is 1. The van der Waals surface area contributed by atoms with E-state index in [-0.39, 0.29) is 5.91 Å². The van der Waals surface area contributed by atoms with E-state index in [4.69, 9.17) is 4.74 Å². The van der Waals surface area contributed by atoms with Crippen molar-refractivity contribution in [3.63, 3.8) is 0 Å². The predicted molar refractivity (Wildman–Crippen MR) is 105 cm³/mol. The summed E-state index contributed by atoms with van der Waals surface area (Å²) in [5, 5.41) is 2.88. The number of para-hydroxylation sites is 1. The number of nitrogens with one attached hydrogen (secondary N) is 1. The average molecular weight is 372 g/mol. The lowest BCUT2D eigenvalue weighted by Crippen LogP contribution is -2.30. The van der Waals surface area contributed by atoms with E-state index in [2.05, 4.69) is 5.32 Å². The first kappa shape index (κ1) is 18.6. The number of carbonyl (C=O) groups is 2. The summed E-state index contributed by atoms with van der Waals surface area (Å²) in [5.74, 6) is -0.721. The van der Waals surface area contributed by atoms with Crippen LogP contribution >= 0.6 is 11.3 Å². The summed E-state index contributed by atoms with van der Waals surface area (Å²) in [7, 11) is 0. The quantitative estimate of drug-likeness (QED) is 0.619. The molecular formula is C21H25NO3S. The van der Waals surface area contributed by atoms with Crippen LogP contribution in [0.1, 0.15) is 57.4 Å². The maximum absolute atomic E-state index is 12.5. The molecule has 0 saturated heterocycles. The van der Waals surface area contributed by atoms with Crippen LogP contribution < -0.4 is 5.32 Å². The van der Waals surface area contributed by atoms with Crippen molar-refractivity contribution in [2.45, 2.75) is 59.0 Å². The molecule has 1 amide bonds. The highest BCUT2D eigenvalue weighted by molar-refractivity contribution is 7.14. The zero-order chi connectivity index (χ0) is 18.7. The summed E-state index contributed by atoms with van der Waals surface area (Å²) < 4.78 is 5.42. The van der Waals surface area contributed by atoms with Gasteiger partial charge in [0.05, 0.1) is 0 Å². The molecule has 0 spiro atoms. The Kier molecular flexibility index (Phi) is 5.77. The summed E-state index contributed by atoms with van der Waals surface area (Å²) in [6.07, 6.45) is 4.82. The first-order valence-corrected chi connectivity index (χ1v) is 9.97. The van der Waals surface area contributed by atoms with E-state index in [0.717, 1.165) is 29.7 Å². The smallest absolute Gasteiger partial charge is 0.349 e. The summed E-state index contributed by atoms with van der Waals surface area (Å²) >= 11 is 1.51. The number of ether oxygens (including phenoxy) is 1. The number of thiophene rings is 1. The van der Waals surface area contributed by atoms with Crippen molar-refractivity contribution >= 4 is 28.9 Å². The van der Waals surface area contributed by atoms with Gasteiger partial charge in [0, 0.05) is 10.6 Å². The maximum atomic E-state index is 12.5. The van der Waals surface area contributed by atoms with Crippen LogP contribution in [-0.2, 0) is 22.4 Å².